The first-order valence-corrected chi connectivity index (χ1v) is 11.1. The maximum Gasteiger partial charge on any atom is 0.104 e. The van der Waals surface area contributed by atoms with Crippen LogP contribution in [-0.4, -0.2) is 38.6 Å². The summed E-state index contributed by atoms with van der Waals surface area (Å²) in [5.74, 6) is 0. The van der Waals surface area contributed by atoms with Crippen LogP contribution in [0.3, 0.4) is 0 Å². The van der Waals surface area contributed by atoms with E-state index in [4.69, 9.17) is 14.2 Å². The molecule has 0 aromatic rings. The molecule has 0 N–H and O–H groups in total. The van der Waals surface area contributed by atoms with Crippen molar-refractivity contribution in [2.75, 3.05) is 26.4 Å². The smallest absolute Gasteiger partial charge is 0.104 e. The third kappa shape index (κ3) is 17.1. The summed E-state index contributed by atoms with van der Waals surface area (Å²) in [6.45, 7) is 11.4. The van der Waals surface area contributed by atoms with Gasteiger partial charge >= 0.3 is 0 Å². The molecule has 0 aliphatic heterocycles. The van der Waals surface area contributed by atoms with Crippen molar-refractivity contribution in [1.29, 1.82) is 0 Å². The van der Waals surface area contributed by atoms with E-state index < -0.39 is 0 Å². The zero-order chi connectivity index (χ0) is 18.6. The molecule has 0 aromatic heterocycles. The molecule has 3 nitrogen and oxygen atoms in total. The molecular weight excluding hydrogens is 312 g/mol. The Morgan fingerprint density at radius 2 is 0.960 bits per heavy atom. The zero-order valence-electron chi connectivity index (χ0n) is 17.7. The van der Waals surface area contributed by atoms with Gasteiger partial charge in [-0.1, -0.05) is 78.1 Å². The van der Waals surface area contributed by atoms with Gasteiger partial charge in [0.05, 0.1) is 19.3 Å². The van der Waals surface area contributed by atoms with Crippen molar-refractivity contribution < 1.29 is 14.2 Å². The average Bonchev–Trinajstić information content (AvgIpc) is 2.63. The fourth-order valence-corrected chi connectivity index (χ4v) is 3.13. The van der Waals surface area contributed by atoms with Gasteiger partial charge in [-0.25, -0.2) is 0 Å². The van der Waals surface area contributed by atoms with Crippen molar-refractivity contribution in [1.82, 2.24) is 0 Å². The Morgan fingerprint density at radius 1 is 0.520 bits per heavy atom. The number of hydrogen-bond donors (Lipinski definition) is 0. The van der Waals surface area contributed by atoms with Crippen LogP contribution in [0.5, 0.6) is 0 Å². The van der Waals surface area contributed by atoms with Gasteiger partial charge in [0.2, 0.25) is 0 Å². The molecule has 3 heteroatoms. The molecule has 0 fully saturated rings. The van der Waals surface area contributed by atoms with Gasteiger partial charge in [0, 0.05) is 13.2 Å². The van der Waals surface area contributed by atoms with Crippen LogP contribution in [0.4, 0.5) is 0 Å². The predicted octanol–water partition coefficient (Wildman–Crippen LogP) is 6.53. The first-order valence-electron chi connectivity index (χ1n) is 11.1. The average molecular weight is 359 g/mol. The topological polar surface area (TPSA) is 27.7 Å². The highest BCUT2D eigenvalue weighted by Gasteiger charge is 2.17. The molecule has 25 heavy (non-hydrogen) atoms. The fourth-order valence-electron chi connectivity index (χ4n) is 3.13. The summed E-state index contributed by atoms with van der Waals surface area (Å²) in [6, 6.07) is 0. The van der Waals surface area contributed by atoms with Crippen LogP contribution in [0.2, 0.25) is 0 Å². The lowest BCUT2D eigenvalue weighted by atomic mass is 10.0. The molecule has 0 spiro atoms. The second-order valence-electron chi connectivity index (χ2n) is 7.10. The fraction of sp³-hybridized carbons (Fsp3) is 1.00. The minimum atomic E-state index is 0.0798. The summed E-state index contributed by atoms with van der Waals surface area (Å²) in [7, 11) is 0. The standard InChI is InChI=1S/C22H46O3/c1-5-9-11-13-15-17-21(18-16-14-12-10-6-2)25-22(19-23-7-3)20-24-8-4/h21-22H,5-20H2,1-4H3. The molecular formula is C22H46O3. The van der Waals surface area contributed by atoms with Gasteiger partial charge in [0.15, 0.2) is 0 Å². The number of unbranched alkanes of at least 4 members (excludes halogenated alkanes) is 8. The summed E-state index contributed by atoms with van der Waals surface area (Å²) in [4.78, 5) is 0. The van der Waals surface area contributed by atoms with Crippen LogP contribution in [0, 0.1) is 0 Å². The predicted molar refractivity (Wildman–Crippen MR) is 108 cm³/mol. The molecule has 0 heterocycles. The first kappa shape index (κ1) is 24.9. The molecule has 0 unspecified atom stereocenters. The first-order chi connectivity index (χ1) is 12.3. The Hall–Kier alpha value is -0.120. The third-order valence-electron chi connectivity index (χ3n) is 4.66. The van der Waals surface area contributed by atoms with Gasteiger partial charge in [0.25, 0.3) is 0 Å². The lowest BCUT2D eigenvalue weighted by Gasteiger charge is -2.25. The quantitative estimate of drug-likeness (QED) is 0.231. The van der Waals surface area contributed by atoms with E-state index in [0.717, 1.165) is 13.2 Å². The van der Waals surface area contributed by atoms with E-state index in [1.165, 1.54) is 77.0 Å². The Balaban J connectivity index is 4.27. The van der Waals surface area contributed by atoms with E-state index in [1.807, 2.05) is 13.8 Å². The SMILES string of the molecule is CCCCCCCC(CCCCCCC)OC(COCC)COCC. The van der Waals surface area contributed by atoms with Crippen molar-refractivity contribution in [3.05, 3.63) is 0 Å². The second kappa shape index (κ2) is 20.2. The van der Waals surface area contributed by atoms with Gasteiger partial charge in [-0.3, -0.25) is 0 Å². The van der Waals surface area contributed by atoms with E-state index in [1.54, 1.807) is 0 Å². The van der Waals surface area contributed by atoms with E-state index in [2.05, 4.69) is 13.8 Å². The van der Waals surface area contributed by atoms with Gasteiger partial charge in [-0.05, 0) is 26.7 Å². The van der Waals surface area contributed by atoms with Gasteiger partial charge in [0.1, 0.15) is 6.10 Å². The minimum Gasteiger partial charge on any atom is -0.379 e. The molecule has 0 aliphatic rings. The van der Waals surface area contributed by atoms with Crippen LogP contribution < -0.4 is 0 Å². The third-order valence-corrected chi connectivity index (χ3v) is 4.66. The van der Waals surface area contributed by atoms with Crippen molar-refractivity contribution in [2.24, 2.45) is 0 Å². The maximum atomic E-state index is 6.42. The minimum absolute atomic E-state index is 0.0798. The molecule has 0 aliphatic carbocycles. The Labute approximate surface area is 158 Å². The molecule has 0 atom stereocenters. The summed E-state index contributed by atoms with van der Waals surface area (Å²) in [5.41, 5.74) is 0. The summed E-state index contributed by atoms with van der Waals surface area (Å²) in [6.07, 6.45) is 16.1. The van der Waals surface area contributed by atoms with E-state index >= 15 is 0 Å². The van der Waals surface area contributed by atoms with Crippen molar-refractivity contribution in [2.45, 2.75) is 117 Å². The summed E-state index contributed by atoms with van der Waals surface area (Å²) >= 11 is 0. The molecule has 152 valence electrons. The normalized spacial score (nSPS) is 11.8. The van der Waals surface area contributed by atoms with Crippen molar-refractivity contribution in [3.8, 4) is 0 Å². The van der Waals surface area contributed by atoms with E-state index in [-0.39, 0.29) is 6.10 Å². The van der Waals surface area contributed by atoms with Gasteiger partial charge in [-0.15, -0.1) is 0 Å². The largest absolute Gasteiger partial charge is 0.379 e. The second-order valence-corrected chi connectivity index (χ2v) is 7.10. The van der Waals surface area contributed by atoms with Gasteiger partial charge < -0.3 is 14.2 Å². The lowest BCUT2D eigenvalue weighted by Crippen LogP contribution is -2.31. The van der Waals surface area contributed by atoms with Crippen molar-refractivity contribution >= 4 is 0 Å². The number of hydrogen-bond acceptors (Lipinski definition) is 3. The Kier molecular flexibility index (Phi) is 20.1. The molecule has 0 saturated heterocycles. The Morgan fingerprint density at radius 3 is 1.36 bits per heavy atom. The monoisotopic (exact) mass is 358 g/mol. The molecule has 0 rings (SSSR count). The van der Waals surface area contributed by atoms with Crippen LogP contribution >= 0.6 is 0 Å². The molecule has 0 radical (unpaired) electrons. The number of rotatable bonds is 20. The Bertz CT molecular complexity index is 223. The molecule has 0 amide bonds. The highest BCUT2D eigenvalue weighted by Crippen LogP contribution is 2.18. The highest BCUT2D eigenvalue weighted by atomic mass is 16.6. The summed E-state index contributed by atoms with van der Waals surface area (Å²) < 4.78 is 17.6. The number of ether oxygens (including phenoxy) is 3. The molecule has 0 saturated carbocycles. The van der Waals surface area contributed by atoms with Crippen molar-refractivity contribution in [3.63, 3.8) is 0 Å². The van der Waals surface area contributed by atoms with E-state index in [0.29, 0.717) is 19.3 Å². The van der Waals surface area contributed by atoms with Crippen LogP contribution in [-0.2, 0) is 14.2 Å². The van der Waals surface area contributed by atoms with Crippen LogP contribution in [0.25, 0.3) is 0 Å². The maximum absolute atomic E-state index is 6.42. The molecule has 0 bridgehead atoms. The molecule has 0 aromatic carbocycles. The van der Waals surface area contributed by atoms with Crippen LogP contribution in [0.15, 0.2) is 0 Å². The zero-order valence-corrected chi connectivity index (χ0v) is 17.7. The highest BCUT2D eigenvalue weighted by molar-refractivity contribution is 4.65. The lowest BCUT2D eigenvalue weighted by molar-refractivity contribution is -0.0938. The van der Waals surface area contributed by atoms with Gasteiger partial charge in [-0.2, -0.15) is 0 Å². The summed E-state index contributed by atoms with van der Waals surface area (Å²) in [5, 5.41) is 0. The van der Waals surface area contributed by atoms with Crippen LogP contribution in [0.1, 0.15) is 105 Å². The van der Waals surface area contributed by atoms with E-state index in [9.17, 15) is 0 Å².